The molecule has 9 aromatic carbocycles. The summed E-state index contributed by atoms with van der Waals surface area (Å²) in [7, 11) is 1.24. The smallest absolute Gasteiger partial charge is 0.340 e. The lowest BCUT2D eigenvalue weighted by molar-refractivity contribution is -0.138. The van der Waals surface area contributed by atoms with Gasteiger partial charge in [0.2, 0.25) is 0 Å². The molecule has 0 bridgehead atoms. The van der Waals surface area contributed by atoms with Gasteiger partial charge < -0.3 is 59.6 Å². The van der Waals surface area contributed by atoms with E-state index in [1.807, 2.05) is 41.2 Å². The predicted octanol–water partition coefficient (Wildman–Crippen LogP) is 11.7. The number of nitrogens with zero attached hydrogens (tertiary/aromatic N) is 9. The highest BCUT2D eigenvalue weighted by atomic mass is 28.3. The SMILES string of the molecule is CCN(CC)c1ccc2c(c1)[Si]1(CCCCC1)c1cc(N(CC)CC)ccc1C21OC(=O)c2cc(C(F)F)c(C(=O)NCCN3C(=O)C=CC3=O)cc21.CN(C)c1ccc2c(c1)[Si]1(CCCC1)c1cc(N(C)C)ccc1C21OC(=O)c2ccc(C(=O)NCCN3C(=O)C=CC3=O)cc21.Cc1cc2c(cc1C(=O)NCCN1C(=O)C=CC1=O)C1(OC2=O)c2ccc(N3CCC3)cc2[Si]2(CCCCC2)c2cc(N3CCC3)ccc21. The summed E-state index contributed by atoms with van der Waals surface area (Å²) in [6.07, 6.45) is 15.9. The van der Waals surface area contributed by atoms with Crippen molar-refractivity contribution >= 4 is 161 Å². The van der Waals surface area contributed by atoms with Crippen molar-refractivity contribution in [3.63, 3.8) is 0 Å². The molecular weight excluding hydrogens is 1910 g/mol. The fourth-order valence-electron chi connectivity index (χ4n) is 25.9. The first-order valence-electron chi connectivity index (χ1n) is 52.1. The highest BCUT2D eigenvalue weighted by Gasteiger charge is 2.64. The summed E-state index contributed by atoms with van der Waals surface area (Å²) in [6, 6.07) is 57.7. The third-order valence-electron chi connectivity index (χ3n) is 33.7. The van der Waals surface area contributed by atoms with Crippen molar-refractivity contribution in [3.8, 4) is 0 Å². The van der Waals surface area contributed by atoms with E-state index < -0.39 is 94.5 Å². The molecule has 5 fully saturated rings. The van der Waals surface area contributed by atoms with E-state index in [4.69, 9.17) is 14.2 Å². The van der Waals surface area contributed by atoms with Gasteiger partial charge in [-0.25, -0.2) is 23.2 Å². The first-order chi connectivity index (χ1) is 70.9. The number of carbonyl (C=O) groups excluding carboxylic acids is 12. The molecule has 14 aliphatic rings. The molecule has 27 nitrogen and oxygen atoms in total. The summed E-state index contributed by atoms with van der Waals surface area (Å²) >= 11 is 0. The van der Waals surface area contributed by atoms with Gasteiger partial charge in [0.1, 0.15) is 24.2 Å². The van der Waals surface area contributed by atoms with Crippen LogP contribution < -0.4 is 76.5 Å². The molecule has 147 heavy (non-hydrogen) atoms. The van der Waals surface area contributed by atoms with Gasteiger partial charge in [-0.15, -0.1) is 0 Å². The summed E-state index contributed by atoms with van der Waals surface area (Å²) in [5, 5.41) is 16.1. The Morgan fingerprint density at radius 2 is 0.660 bits per heavy atom. The Bertz CT molecular complexity index is 6910. The highest BCUT2D eigenvalue weighted by molar-refractivity contribution is 7.05. The normalized spacial score (nSPS) is 18.9. The molecule has 0 radical (unpaired) electrons. The zero-order chi connectivity index (χ0) is 103. The Morgan fingerprint density at radius 3 is 1.01 bits per heavy atom. The number of rotatable bonds is 23. The number of carbonyl (C=O) groups is 12. The number of alkyl halides is 2. The molecule has 14 aliphatic heterocycles. The van der Waals surface area contributed by atoms with E-state index in [2.05, 4.69) is 182 Å². The minimum absolute atomic E-state index is 0.00924. The van der Waals surface area contributed by atoms with Gasteiger partial charge in [0, 0.05) is 263 Å². The molecule has 23 rings (SSSR count). The van der Waals surface area contributed by atoms with Gasteiger partial charge in [-0.05, 0) is 236 Å². The molecule has 0 saturated carbocycles. The highest BCUT2D eigenvalue weighted by Crippen LogP contribution is 2.57. The first kappa shape index (κ1) is 98.8. The van der Waals surface area contributed by atoms with Gasteiger partial charge in [0.05, 0.1) is 16.7 Å². The minimum atomic E-state index is -3.06. The second kappa shape index (κ2) is 38.5. The summed E-state index contributed by atoms with van der Waals surface area (Å²) < 4.78 is 49.3. The van der Waals surface area contributed by atoms with Crippen LogP contribution in [0.25, 0.3) is 0 Å². The number of ether oxygens (including phenoxy) is 3. The van der Waals surface area contributed by atoms with Gasteiger partial charge in [0.25, 0.3) is 59.6 Å². The van der Waals surface area contributed by atoms with Crippen molar-refractivity contribution in [3.05, 3.63) is 283 Å². The van der Waals surface area contributed by atoms with Crippen molar-refractivity contribution < 1.29 is 80.5 Å². The van der Waals surface area contributed by atoms with E-state index in [1.165, 1.54) is 130 Å². The zero-order valence-electron chi connectivity index (χ0n) is 84.6. The fourth-order valence-corrected chi connectivity index (χ4v) is 43.1. The van der Waals surface area contributed by atoms with Gasteiger partial charge in [-0.1, -0.05) is 87.8 Å². The lowest BCUT2D eigenvalue weighted by Gasteiger charge is -2.49. The summed E-state index contributed by atoms with van der Waals surface area (Å²) in [6.45, 7) is 18.0. The molecule has 14 heterocycles. The topological polar surface area (TPSA) is 298 Å². The van der Waals surface area contributed by atoms with E-state index in [-0.39, 0.29) is 80.0 Å². The van der Waals surface area contributed by atoms with E-state index >= 15 is 0 Å². The average Bonchev–Trinajstić information content (AvgIpc) is 1.32. The molecule has 32 heteroatoms. The van der Waals surface area contributed by atoms with E-state index in [0.717, 1.165) is 185 Å². The summed E-state index contributed by atoms with van der Waals surface area (Å²) in [5.41, 5.74) is 12.1. The largest absolute Gasteiger partial charge is 0.441 e. The molecule has 0 atom stereocenters. The molecule has 9 aromatic rings. The average molecular weight is 2030 g/mol. The molecule has 758 valence electrons. The molecular formula is C115H122F2N12O15Si3. The standard InChI is InChI=1S/C41H46F2N4O5Si.C39H40N4O5Si.C35H36N4O5Si/c1-5-45(6-2)26-12-14-31-34(22-26)53(20-10-9-11-21-53)35-23-27(46(7-3)8-4)13-15-32(35)41(31)33-25-29(28(38(42)43)24-30(33)40(51)52-41)39(50)44-18-19-47-36(48)16-17-37(47)49;1-25-21-29-32(24-28(25)37(46)40-13-18-43-35(44)11-12-36(43)45)39(48-38(29)47)30-9-7-26(41-14-5-15-41)22-33(30)49(19-3-2-4-20-49)34-23-27(8-10-31(34)39)42-16-6-17-42;1-37(2)23-8-11-26-29(20-23)45(17-5-6-18-45)30-21-24(38(3)4)9-12-27(30)35(26)28-19-22(7-10-25(28)34(43)44-35)33(42)36-15-16-39-31(40)13-14-32(39)41/h12-17,22-25,38H,5-11,18-21H2,1-4H3,(H,44,50);7-12,21-24H,2-6,13-20H2,1H3,(H,40,46);7-14,19-21H,5-6,15-18H2,1-4H3,(H,36,42). The van der Waals surface area contributed by atoms with Crippen molar-refractivity contribution in [2.45, 2.75) is 158 Å². The van der Waals surface area contributed by atoms with Crippen molar-refractivity contribution in [2.75, 3.05) is 149 Å². The van der Waals surface area contributed by atoms with Gasteiger partial charge >= 0.3 is 17.9 Å². The Morgan fingerprint density at radius 1 is 0.347 bits per heavy atom. The Labute approximate surface area is 856 Å². The van der Waals surface area contributed by atoms with E-state index in [9.17, 15) is 66.3 Å². The number of hydrogen-bond donors (Lipinski definition) is 3. The number of aryl methyl sites for hydroxylation is 1. The molecule has 0 unspecified atom stereocenters. The van der Waals surface area contributed by atoms with Crippen LogP contribution in [0.15, 0.2) is 188 Å². The van der Waals surface area contributed by atoms with Crippen LogP contribution in [0.4, 0.5) is 42.9 Å². The van der Waals surface area contributed by atoms with Crippen molar-refractivity contribution in [1.29, 1.82) is 0 Å². The van der Waals surface area contributed by atoms with Crippen molar-refractivity contribution in [1.82, 2.24) is 30.7 Å². The maximum atomic E-state index is 14.7. The predicted molar refractivity (Wildman–Crippen MR) is 568 cm³/mol. The van der Waals surface area contributed by atoms with Crippen LogP contribution in [0.5, 0.6) is 0 Å². The first-order valence-corrected chi connectivity index (χ1v) is 59.3. The third-order valence-corrected chi connectivity index (χ3v) is 49.6. The van der Waals surface area contributed by atoms with Crippen LogP contribution >= 0.6 is 0 Å². The third kappa shape index (κ3) is 16.0. The molecule has 9 amide bonds. The summed E-state index contributed by atoms with van der Waals surface area (Å²) in [5.74, 6) is -5.53. The van der Waals surface area contributed by atoms with Gasteiger partial charge in [0.15, 0.2) is 16.8 Å². The second-order valence-corrected chi connectivity index (χ2v) is 54.2. The molecule has 0 aliphatic carbocycles. The molecule has 5 saturated heterocycles. The number of nitrogens with one attached hydrogen (secondary N) is 3. The van der Waals surface area contributed by atoms with Crippen LogP contribution in [0.3, 0.4) is 0 Å². The van der Waals surface area contributed by atoms with Crippen LogP contribution in [-0.2, 0) is 59.8 Å². The maximum absolute atomic E-state index is 14.7. The zero-order valence-corrected chi connectivity index (χ0v) is 87.6. The minimum Gasteiger partial charge on any atom is -0.441 e. The number of imide groups is 3. The Balaban J connectivity index is 0.000000130. The molecule has 0 aromatic heterocycles. The fraction of sp³-hybridized carbons (Fsp3) is 0.374. The van der Waals surface area contributed by atoms with Gasteiger partial charge in [-0.3, -0.25) is 57.9 Å². The number of fused-ring (bicyclic) bond motifs is 24. The van der Waals surface area contributed by atoms with E-state index in [1.54, 1.807) is 24.3 Å². The van der Waals surface area contributed by atoms with Crippen molar-refractivity contribution in [2.24, 2.45) is 0 Å². The Hall–Kier alpha value is -14.2. The Kier molecular flexibility index (Phi) is 25.9. The summed E-state index contributed by atoms with van der Waals surface area (Å²) in [4.78, 5) is 172. The molecule has 6 spiro atoms. The number of amides is 9. The van der Waals surface area contributed by atoms with Crippen LogP contribution in [0.2, 0.25) is 36.3 Å². The number of anilines is 6. The number of esters is 3. The monoisotopic (exact) mass is 2030 g/mol. The van der Waals surface area contributed by atoms with Crippen LogP contribution in [0.1, 0.15) is 222 Å². The number of halogens is 2. The molecule has 3 N–H and O–H groups in total. The quantitative estimate of drug-likeness (QED) is 0.0232. The lowest BCUT2D eigenvalue weighted by Crippen LogP contribution is -2.67. The number of benzene rings is 9. The van der Waals surface area contributed by atoms with Gasteiger partial charge in [-0.2, -0.15) is 0 Å². The second-order valence-electron chi connectivity index (χ2n) is 41.5. The van der Waals surface area contributed by atoms with E-state index in [0.29, 0.717) is 44.5 Å². The van der Waals surface area contributed by atoms with Crippen LogP contribution in [-0.4, -0.2) is 230 Å². The maximum Gasteiger partial charge on any atom is 0.340 e. The number of hydrogen-bond acceptors (Lipinski definition) is 21. The van der Waals surface area contributed by atoms with Crippen LogP contribution in [0, 0.1) is 6.92 Å². The lowest BCUT2D eigenvalue weighted by atomic mass is 9.78.